The predicted molar refractivity (Wildman–Crippen MR) is 141 cm³/mol. The molecule has 0 unspecified atom stereocenters. The lowest BCUT2D eigenvalue weighted by molar-refractivity contribution is 0.171. The summed E-state index contributed by atoms with van der Waals surface area (Å²) in [7, 11) is 3.72. The van der Waals surface area contributed by atoms with E-state index in [0.29, 0.717) is 16.7 Å². The number of nitrogens with zero attached hydrogens (tertiary/aromatic N) is 3. The fraction of sp³-hybridized carbons (Fsp3) is 0.241. The standard InChI is InChI=1S/C29H24ClN3O4/c1-33-14-13-19-16-24-27(37-17-36-24)28(34-2)25(19)23(33)8-5-15-35-20-11-9-18(10-12-20)26-21-6-3-4-7-22(21)29(30)32-31-26/h3-4,6-7,9-12,16,23H,13-15,17H2,1-2H3/t23-/m1/s1. The number of benzene rings is 3. The largest absolute Gasteiger partial charge is 0.492 e. The average Bonchev–Trinajstić information content (AvgIpc) is 3.40. The molecule has 7 nitrogen and oxygen atoms in total. The molecule has 0 spiro atoms. The highest BCUT2D eigenvalue weighted by molar-refractivity contribution is 6.34. The maximum absolute atomic E-state index is 6.22. The minimum absolute atomic E-state index is 0.129. The van der Waals surface area contributed by atoms with E-state index < -0.39 is 0 Å². The van der Waals surface area contributed by atoms with Crippen molar-refractivity contribution in [2.45, 2.75) is 12.5 Å². The highest BCUT2D eigenvalue weighted by Gasteiger charge is 2.33. The van der Waals surface area contributed by atoms with Gasteiger partial charge in [-0.3, -0.25) is 4.90 Å². The second kappa shape index (κ2) is 9.81. The monoisotopic (exact) mass is 513 g/mol. The Morgan fingerprint density at radius 1 is 1.08 bits per heavy atom. The summed E-state index contributed by atoms with van der Waals surface area (Å²) in [5, 5.41) is 10.6. The maximum Gasteiger partial charge on any atom is 0.231 e. The Morgan fingerprint density at radius 2 is 1.89 bits per heavy atom. The van der Waals surface area contributed by atoms with Crippen molar-refractivity contribution in [1.29, 1.82) is 0 Å². The fourth-order valence-corrected chi connectivity index (χ4v) is 5.07. The van der Waals surface area contributed by atoms with Crippen molar-refractivity contribution in [2.24, 2.45) is 0 Å². The number of aromatic nitrogens is 2. The van der Waals surface area contributed by atoms with E-state index in [4.69, 9.17) is 30.5 Å². The van der Waals surface area contributed by atoms with Gasteiger partial charge in [-0.15, -0.1) is 10.2 Å². The third-order valence-electron chi connectivity index (χ3n) is 6.72. The van der Waals surface area contributed by atoms with E-state index in [1.807, 2.05) is 54.6 Å². The molecule has 0 bridgehead atoms. The minimum atomic E-state index is -0.129. The molecule has 0 amide bonds. The van der Waals surface area contributed by atoms with Crippen molar-refractivity contribution >= 4 is 22.4 Å². The quantitative estimate of drug-likeness (QED) is 0.343. The normalized spacial score (nSPS) is 16.1. The summed E-state index contributed by atoms with van der Waals surface area (Å²) in [6.45, 7) is 1.35. The number of halogens is 1. The van der Waals surface area contributed by atoms with E-state index in [0.717, 1.165) is 52.1 Å². The van der Waals surface area contributed by atoms with Crippen LogP contribution in [0.5, 0.6) is 23.0 Å². The second-order valence-electron chi connectivity index (χ2n) is 8.87. The molecule has 8 heteroatoms. The molecule has 1 atom stereocenters. The number of hydrogen-bond donors (Lipinski definition) is 0. The van der Waals surface area contributed by atoms with E-state index in [-0.39, 0.29) is 19.4 Å². The molecule has 0 N–H and O–H groups in total. The third kappa shape index (κ3) is 4.29. The van der Waals surface area contributed by atoms with Crippen molar-refractivity contribution in [3.8, 4) is 46.1 Å². The molecule has 2 aliphatic rings. The molecule has 0 saturated heterocycles. The van der Waals surface area contributed by atoms with Gasteiger partial charge in [0.1, 0.15) is 24.1 Å². The van der Waals surface area contributed by atoms with Crippen LogP contribution in [0.25, 0.3) is 22.0 Å². The lowest BCUT2D eigenvalue weighted by Gasteiger charge is -2.32. The van der Waals surface area contributed by atoms with Crippen LogP contribution in [-0.2, 0) is 6.42 Å². The third-order valence-corrected chi connectivity index (χ3v) is 6.99. The van der Waals surface area contributed by atoms with Crippen LogP contribution in [0, 0.1) is 11.8 Å². The molecule has 4 aromatic rings. The SMILES string of the molecule is COc1c2c(cc3c1[C@@H](C#CCOc1ccc(-c4nnc(Cl)c5ccccc45)cc1)N(C)CC3)OCO2. The van der Waals surface area contributed by atoms with Crippen molar-refractivity contribution in [1.82, 2.24) is 15.1 Å². The van der Waals surface area contributed by atoms with Gasteiger partial charge in [0.05, 0.1) is 7.11 Å². The molecular weight excluding hydrogens is 490 g/mol. The topological polar surface area (TPSA) is 65.9 Å². The summed E-state index contributed by atoms with van der Waals surface area (Å²) in [4.78, 5) is 2.21. The Kier molecular flexibility index (Phi) is 6.21. The van der Waals surface area contributed by atoms with Gasteiger partial charge in [0.2, 0.25) is 12.5 Å². The molecular formula is C29H24ClN3O4. The Balaban J connectivity index is 1.19. The first-order valence-electron chi connectivity index (χ1n) is 12.0. The van der Waals surface area contributed by atoms with E-state index in [1.54, 1.807) is 7.11 Å². The maximum atomic E-state index is 6.22. The van der Waals surface area contributed by atoms with Crippen molar-refractivity contribution < 1.29 is 18.9 Å². The zero-order valence-corrected chi connectivity index (χ0v) is 21.2. The van der Waals surface area contributed by atoms with E-state index >= 15 is 0 Å². The zero-order valence-electron chi connectivity index (χ0n) is 20.5. The lowest BCUT2D eigenvalue weighted by atomic mass is 9.91. The summed E-state index contributed by atoms with van der Waals surface area (Å²) in [5.41, 5.74) is 3.92. The van der Waals surface area contributed by atoms with Crippen LogP contribution in [0.2, 0.25) is 5.15 Å². The first kappa shape index (κ1) is 23.4. The second-order valence-corrected chi connectivity index (χ2v) is 9.23. The molecule has 2 aliphatic heterocycles. The van der Waals surface area contributed by atoms with Gasteiger partial charge in [-0.05, 0) is 49.4 Å². The van der Waals surface area contributed by atoms with Gasteiger partial charge < -0.3 is 18.9 Å². The molecule has 186 valence electrons. The smallest absolute Gasteiger partial charge is 0.231 e. The molecule has 1 aromatic heterocycles. The Labute approximate surface area is 219 Å². The minimum Gasteiger partial charge on any atom is -0.492 e. The van der Waals surface area contributed by atoms with Gasteiger partial charge in [-0.25, -0.2) is 0 Å². The molecule has 0 aliphatic carbocycles. The Morgan fingerprint density at radius 3 is 2.70 bits per heavy atom. The zero-order chi connectivity index (χ0) is 25.4. The lowest BCUT2D eigenvalue weighted by Crippen LogP contribution is -2.31. The Hall–Kier alpha value is -3.99. The van der Waals surface area contributed by atoms with Crippen LogP contribution in [-0.4, -0.2) is 49.2 Å². The molecule has 0 saturated carbocycles. The fourth-order valence-electron chi connectivity index (χ4n) is 4.87. The van der Waals surface area contributed by atoms with Crippen molar-refractivity contribution in [3.05, 3.63) is 70.9 Å². The average molecular weight is 514 g/mol. The van der Waals surface area contributed by atoms with Gasteiger partial charge in [-0.2, -0.15) is 0 Å². The van der Waals surface area contributed by atoms with Gasteiger partial charge in [-0.1, -0.05) is 47.7 Å². The molecule has 37 heavy (non-hydrogen) atoms. The van der Waals surface area contributed by atoms with Gasteiger partial charge in [0, 0.05) is 28.4 Å². The molecule has 6 rings (SSSR count). The van der Waals surface area contributed by atoms with Crippen LogP contribution < -0.4 is 18.9 Å². The van der Waals surface area contributed by atoms with E-state index in [2.05, 4.69) is 34.0 Å². The number of likely N-dealkylation sites (N-methyl/N-ethyl adjacent to an activating group) is 1. The van der Waals surface area contributed by atoms with Crippen LogP contribution in [0.15, 0.2) is 54.6 Å². The number of hydrogen-bond acceptors (Lipinski definition) is 7. The van der Waals surface area contributed by atoms with Crippen molar-refractivity contribution in [2.75, 3.05) is 34.1 Å². The van der Waals surface area contributed by atoms with Crippen LogP contribution in [0.4, 0.5) is 0 Å². The number of ether oxygens (including phenoxy) is 4. The first-order valence-corrected chi connectivity index (χ1v) is 12.3. The van der Waals surface area contributed by atoms with E-state index in [1.165, 1.54) is 5.56 Å². The summed E-state index contributed by atoms with van der Waals surface area (Å²) in [6.07, 6.45) is 0.896. The van der Waals surface area contributed by atoms with Gasteiger partial charge in [0.15, 0.2) is 16.7 Å². The summed E-state index contributed by atoms with van der Waals surface area (Å²) in [5.74, 6) is 9.37. The molecule has 3 heterocycles. The van der Waals surface area contributed by atoms with E-state index in [9.17, 15) is 0 Å². The molecule has 0 fully saturated rings. The number of fused-ring (bicyclic) bond motifs is 3. The van der Waals surface area contributed by atoms with Gasteiger partial charge >= 0.3 is 0 Å². The molecule has 0 radical (unpaired) electrons. The molecule has 3 aromatic carbocycles. The Bertz CT molecular complexity index is 1550. The van der Waals surface area contributed by atoms with Gasteiger partial charge in [0.25, 0.3) is 0 Å². The first-order chi connectivity index (χ1) is 18.1. The van der Waals surface area contributed by atoms with Crippen molar-refractivity contribution in [3.63, 3.8) is 0 Å². The summed E-state index contributed by atoms with van der Waals surface area (Å²) in [6, 6.07) is 17.5. The number of rotatable bonds is 4. The highest BCUT2D eigenvalue weighted by atomic mass is 35.5. The van der Waals surface area contributed by atoms with Crippen LogP contribution >= 0.6 is 11.6 Å². The van der Waals surface area contributed by atoms with Crippen LogP contribution in [0.1, 0.15) is 17.2 Å². The summed E-state index contributed by atoms with van der Waals surface area (Å²) < 4.78 is 22.9. The number of methoxy groups -OCH3 is 1. The van der Waals surface area contributed by atoms with Crippen LogP contribution in [0.3, 0.4) is 0 Å². The predicted octanol–water partition coefficient (Wildman–Crippen LogP) is 5.30. The highest BCUT2D eigenvalue weighted by Crippen LogP contribution is 2.49. The summed E-state index contributed by atoms with van der Waals surface area (Å²) >= 11 is 6.22.